The number of para-hydroxylation sites is 1. The number of benzene rings is 1. The van der Waals surface area contributed by atoms with Crippen LogP contribution in [0.4, 0.5) is 5.69 Å². The molecule has 0 bridgehead atoms. The van der Waals surface area contributed by atoms with Crippen LogP contribution in [0.5, 0.6) is 0 Å². The fraction of sp³-hybridized carbons (Fsp3) is 0.364. The molecule has 1 aromatic heterocycles. The zero-order valence-corrected chi connectivity index (χ0v) is 16.1. The van der Waals surface area contributed by atoms with Crippen molar-refractivity contribution in [2.75, 3.05) is 18.4 Å². The second-order valence-corrected chi connectivity index (χ2v) is 7.53. The maximum absolute atomic E-state index is 12.9. The van der Waals surface area contributed by atoms with Crippen molar-refractivity contribution in [1.29, 1.82) is 0 Å². The standard InChI is InChI=1S/C22H23N3O4/c26-19-10-6-9-18-15(19)13-16(21(28)24-18)20(27)23-17-8-3-2-7-14(17)22(29)25-11-4-1-5-12-25/h2-3,7-8,13H,1,4-6,9-12H2,(H,23,27)(H,24,28). The molecular formula is C22H23N3O4. The lowest BCUT2D eigenvalue weighted by atomic mass is 9.93. The summed E-state index contributed by atoms with van der Waals surface area (Å²) in [6.07, 6.45) is 4.78. The van der Waals surface area contributed by atoms with Crippen LogP contribution in [0.25, 0.3) is 0 Å². The Bertz CT molecular complexity index is 1030. The number of carbonyl (C=O) groups is 3. The van der Waals surface area contributed by atoms with Crippen molar-refractivity contribution < 1.29 is 14.4 Å². The predicted molar refractivity (Wildman–Crippen MR) is 108 cm³/mol. The number of hydrogen-bond acceptors (Lipinski definition) is 4. The van der Waals surface area contributed by atoms with E-state index in [0.29, 0.717) is 54.9 Å². The minimum atomic E-state index is -0.633. The number of aromatic amines is 1. The van der Waals surface area contributed by atoms with Crippen LogP contribution in [-0.2, 0) is 6.42 Å². The van der Waals surface area contributed by atoms with Crippen molar-refractivity contribution in [1.82, 2.24) is 9.88 Å². The quantitative estimate of drug-likeness (QED) is 0.837. The lowest BCUT2D eigenvalue weighted by Gasteiger charge is -2.27. The number of rotatable bonds is 3. The molecule has 29 heavy (non-hydrogen) atoms. The zero-order chi connectivity index (χ0) is 20.4. The molecule has 0 saturated carbocycles. The first kappa shape index (κ1) is 19.1. The van der Waals surface area contributed by atoms with E-state index < -0.39 is 11.5 Å². The monoisotopic (exact) mass is 393 g/mol. The molecule has 0 unspecified atom stereocenters. The highest BCUT2D eigenvalue weighted by molar-refractivity contribution is 6.10. The first-order chi connectivity index (χ1) is 14.0. The smallest absolute Gasteiger partial charge is 0.261 e. The van der Waals surface area contributed by atoms with Gasteiger partial charge in [-0.25, -0.2) is 0 Å². The predicted octanol–water partition coefficient (Wildman–Crippen LogP) is 2.77. The number of hydrogen-bond donors (Lipinski definition) is 2. The molecule has 150 valence electrons. The van der Waals surface area contributed by atoms with Crippen LogP contribution < -0.4 is 10.9 Å². The molecule has 1 aliphatic carbocycles. The summed E-state index contributed by atoms with van der Waals surface area (Å²) in [5.74, 6) is -0.835. The van der Waals surface area contributed by atoms with E-state index >= 15 is 0 Å². The van der Waals surface area contributed by atoms with Crippen molar-refractivity contribution in [2.24, 2.45) is 0 Å². The van der Waals surface area contributed by atoms with Crippen LogP contribution in [0, 0.1) is 0 Å². The van der Waals surface area contributed by atoms with Crippen LogP contribution in [0.3, 0.4) is 0 Å². The van der Waals surface area contributed by atoms with Crippen LogP contribution in [0.15, 0.2) is 35.1 Å². The van der Waals surface area contributed by atoms with E-state index in [9.17, 15) is 19.2 Å². The number of ketones is 1. The molecule has 0 spiro atoms. The maximum Gasteiger partial charge on any atom is 0.261 e. The van der Waals surface area contributed by atoms with Gasteiger partial charge >= 0.3 is 0 Å². The molecule has 1 aliphatic heterocycles. The molecule has 1 aromatic carbocycles. The van der Waals surface area contributed by atoms with Gasteiger partial charge in [-0.3, -0.25) is 19.2 Å². The molecule has 1 saturated heterocycles. The first-order valence-corrected chi connectivity index (χ1v) is 10.0. The lowest BCUT2D eigenvalue weighted by Crippen LogP contribution is -2.36. The number of anilines is 1. The number of nitrogens with zero attached hydrogens (tertiary/aromatic N) is 1. The maximum atomic E-state index is 12.9. The fourth-order valence-electron chi connectivity index (χ4n) is 3.98. The number of Topliss-reactive ketones (excluding diaryl/α,β-unsaturated/α-hetero) is 1. The Morgan fingerprint density at radius 3 is 2.48 bits per heavy atom. The van der Waals surface area contributed by atoms with Crippen LogP contribution in [0.1, 0.15) is 68.9 Å². The van der Waals surface area contributed by atoms with Crippen molar-refractivity contribution in [2.45, 2.75) is 38.5 Å². The van der Waals surface area contributed by atoms with E-state index in [1.165, 1.54) is 6.07 Å². The number of carbonyl (C=O) groups excluding carboxylic acids is 3. The molecule has 0 radical (unpaired) electrons. The normalized spacial score (nSPS) is 16.3. The van der Waals surface area contributed by atoms with Gasteiger partial charge in [0.25, 0.3) is 17.4 Å². The van der Waals surface area contributed by atoms with Gasteiger partial charge in [-0.2, -0.15) is 0 Å². The molecule has 2 N–H and O–H groups in total. The molecule has 2 aromatic rings. The third-order valence-corrected chi connectivity index (χ3v) is 5.55. The number of amides is 2. The summed E-state index contributed by atoms with van der Waals surface area (Å²) < 4.78 is 0. The Labute approximate surface area is 168 Å². The fourth-order valence-corrected chi connectivity index (χ4v) is 3.98. The SMILES string of the molecule is O=C1CCCc2[nH]c(=O)c(C(=O)Nc3ccccc3C(=O)N3CCCCC3)cc21. The average molecular weight is 393 g/mol. The number of likely N-dealkylation sites (tertiary alicyclic amines) is 1. The van der Waals surface area contributed by atoms with Gasteiger partial charge in [0.15, 0.2) is 5.78 Å². The number of aromatic nitrogens is 1. The summed E-state index contributed by atoms with van der Waals surface area (Å²) in [4.78, 5) is 54.7. The van der Waals surface area contributed by atoms with Gasteiger partial charge in [0, 0.05) is 30.8 Å². The number of aryl methyl sites for hydroxylation is 1. The van der Waals surface area contributed by atoms with Crippen molar-refractivity contribution in [3.8, 4) is 0 Å². The number of nitrogens with one attached hydrogen (secondary N) is 2. The van der Waals surface area contributed by atoms with E-state index in [-0.39, 0.29) is 17.3 Å². The molecule has 2 amide bonds. The summed E-state index contributed by atoms with van der Waals surface area (Å²) in [6, 6.07) is 8.17. The summed E-state index contributed by atoms with van der Waals surface area (Å²) in [7, 11) is 0. The third-order valence-electron chi connectivity index (χ3n) is 5.55. The Kier molecular flexibility index (Phi) is 5.29. The summed E-state index contributed by atoms with van der Waals surface area (Å²) in [6.45, 7) is 1.40. The highest BCUT2D eigenvalue weighted by atomic mass is 16.2. The van der Waals surface area contributed by atoms with E-state index in [0.717, 1.165) is 19.3 Å². The van der Waals surface area contributed by atoms with Crippen LogP contribution in [0.2, 0.25) is 0 Å². The molecule has 7 heteroatoms. The molecule has 7 nitrogen and oxygen atoms in total. The lowest BCUT2D eigenvalue weighted by molar-refractivity contribution is 0.0725. The van der Waals surface area contributed by atoms with E-state index in [1.807, 2.05) is 0 Å². The van der Waals surface area contributed by atoms with Gasteiger partial charge < -0.3 is 15.2 Å². The van der Waals surface area contributed by atoms with Gasteiger partial charge in [-0.15, -0.1) is 0 Å². The zero-order valence-electron chi connectivity index (χ0n) is 16.1. The summed E-state index contributed by atoms with van der Waals surface area (Å²) in [5.41, 5.74) is 1.09. The minimum absolute atomic E-state index is 0.0720. The van der Waals surface area contributed by atoms with Crippen molar-refractivity contribution in [3.63, 3.8) is 0 Å². The Balaban J connectivity index is 1.61. The minimum Gasteiger partial charge on any atom is -0.339 e. The summed E-state index contributed by atoms with van der Waals surface area (Å²) >= 11 is 0. The number of pyridine rings is 1. The molecular weight excluding hydrogens is 370 g/mol. The van der Waals surface area contributed by atoms with E-state index in [4.69, 9.17) is 0 Å². The average Bonchev–Trinajstić information content (AvgIpc) is 2.74. The van der Waals surface area contributed by atoms with Gasteiger partial charge in [-0.05, 0) is 50.3 Å². The van der Waals surface area contributed by atoms with Gasteiger partial charge in [0.1, 0.15) is 5.56 Å². The molecule has 2 aliphatic rings. The molecule has 1 fully saturated rings. The van der Waals surface area contributed by atoms with Gasteiger partial charge in [0.05, 0.1) is 11.3 Å². The van der Waals surface area contributed by atoms with E-state index in [1.54, 1.807) is 29.2 Å². The van der Waals surface area contributed by atoms with E-state index in [2.05, 4.69) is 10.3 Å². The number of piperidine rings is 1. The Morgan fingerprint density at radius 1 is 0.931 bits per heavy atom. The van der Waals surface area contributed by atoms with Gasteiger partial charge in [0.2, 0.25) is 0 Å². The number of fused-ring (bicyclic) bond motifs is 1. The second kappa shape index (κ2) is 8.03. The topological polar surface area (TPSA) is 99.3 Å². The Hall–Kier alpha value is -3.22. The largest absolute Gasteiger partial charge is 0.339 e. The Morgan fingerprint density at radius 2 is 1.69 bits per heavy atom. The third kappa shape index (κ3) is 3.85. The van der Waals surface area contributed by atoms with Crippen LogP contribution in [-0.4, -0.2) is 40.6 Å². The van der Waals surface area contributed by atoms with Crippen LogP contribution >= 0.6 is 0 Å². The highest BCUT2D eigenvalue weighted by Gasteiger charge is 2.24. The molecule has 0 atom stereocenters. The first-order valence-electron chi connectivity index (χ1n) is 10.0. The highest BCUT2D eigenvalue weighted by Crippen LogP contribution is 2.22. The van der Waals surface area contributed by atoms with Crippen molar-refractivity contribution >= 4 is 23.3 Å². The molecule has 4 rings (SSSR count). The molecule has 2 heterocycles. The van der Waals surface area contributed by atoms with Gasteiger partial charge in [-0.1, -0.05) is 12.1 Å². The van der Waals surface area contributed by atoms with Crippen molar-refractivity contribution in [3.05, 3.63) is 63.1 Å². The summed E-state index contributed by atoms with van der Waals surface area (Å²) in [5, 5.41) is 2.69. The number of H-pyrrole nitrogens is 1. The second-order valence-electron chi connectivity index (χ2n) is 7.53.